The summed E-state index contributed by atoms with van der Waals surface area (Å²) in [6.07, 6.45) is 1.07. The molecule has 5 nitrogen and oxygen atoms in total. The number of hydrogen-bond donors (Lipinski definition) is 1. The summed E-state index contributed by atoms with van der Waals surface area (Å²) < 4.78 is 25.9. The van der Waals surface area contributed by atoms with Crippen LogP contribution in [-0.4, -0.2) is 31.4 Å². The highest BCUT2D eigenvalue weighted by Gasteiger charge is 2.21. The minimum atomic E-state index is -3.57. The summed E-state index contributed by atoms with van der Waals surface area (Å²) >= 11 is 9.39. The number of nitrogens with one attached hydrogen (secondary N) is 1. The SMILES string of the molecule is CS(=O)(=O)N(CC(=O)Nc1cccc(Br)c1)Cc1ccccc1Cl. The van der Waals surface area contributed by atoms with E-state index in [0.717, 1.165) is 15.0 Å². The average molecular weight is 432 g/mol. The minimum absolute atomic E-state index is 0.0322. The Bertz CT molecular complexity index is 843. The van der Waals surface area contributed by atoms with Crippen LogP contribution in [0.3, 0.4) is 0 Å². The molecule has 24 heavy (non-hydrogen) atoms. The molecule has 2 rings (SSSR count). The summed E-state index contributed by atoms with van der Waals surface area (Å²) in [7, 11) is -3.57. The highest BCUT2D eigenvalue weighted by atomic mass is 79.9. The van der Waals surface area contributed by atoms with Crippen molar-refractivity contribution < 1.29 is 13.2 Å². The topological polar surface area (TPSA) is 66.5 Å². The Morgan fingerprint density at radius 2 is 1.92 bits per heavy atom. The molecule has 0 bridgehead atoms. The van der Waals surface area contributed by atoms with Crippen molar-refractivity contribution in [1.29, 1.82) is 0 Å². The van der Waals surface area contributed by atoms with E-state index < -0.39 is 15.9 Å². The molecule has 2 aromatic carbocycles. The largest absolute Gasteiger partial charge is 0.325 e. The van der Waals surface area contributed by atoms with E-state index in [1.807, 2.05) is 6.07 Å². The molecule has 128 valence electrons. The van der Waals surface area contributed by atoms with Crippen molar-refractivity contribution in [2.45, 2.75) is 6.54 Å². The minimum Gasteiger partial charge on any atom is -0.325 e. The van der Waals surface area contributed by atoms with E-state index in [-0.39, 0.29) is 13.1 Å². The van der Waals surface area contributed by atoms with Gasteiger partial charge < -0.3 is 5.32 Å². The fourth-order valence-corrected chi connectivity index (χ4v) is 3.35. The van der Waals surface area contributed by atoms with Crippen LogP contribution >= 0.6 is 27.5 Å². The first-order chi connectivity index (χ1) is 11.3. The number of anilines is 1. The first kappa shape index (κ1) is 18.9. The van der Waals surface area contributed by atoms with Crippen LogP contribution in [0.15, 0.2) is 53.0 Å². The van der Waals surface area contributed by atoms with Crippen LogP contribution in [0.5, 0.6) is 0 Å². The van der Waals surface area contributed by atoms with Crippen LogP contribution in [0.2, 0.25) is 5.02 Å². The van der Waals surface area contributed by atoms with E-state index in [4.69, 9.17) is 11.6 Å². The van der Waals surface area contributed by atoms with Gasteiger partial charge in [0.1, 0.15) is 0 Å². The molecule has 0 aliphatic heterocycles. The molecule has 2 aromatic rings. The van der Waals surface area contributed by atoms with Crippen molar-refractivity contribution in [3.05, 3.63) is 63.6 Å². The third-order valence-electron chi connectivity index (χ3n) is 3.20. The molecular formula is C16H16BrClN2O3S. The molecule has 0 aromatic heterocycles. The lowest BCUT2D eigenvalue weighted by Gasteiger charge is -2.20. The predicted octanol–water partition coefficient (Wildman–Crippen LogP) is 3.50. The molecule has 0 spiro atoms. The molecular weight excluding hydrogens is 416 g/mol. The summed E-state index contributed by atoms with van der Waals surface area (Å²) in [5.74, 6) is -0.425. The van der Waals surface area contributed by atoms with E-state index >= 15 is 0 Å². The van der Waals surface area contributed by atoms with Gasteiger partial charge in [-0.05, 0) is 29.8 Å². The maximum atomic E-state index is 12.2. The van der Waals surface area contributed by atoms with Gasteiger partial charge in [-0.1, -0.05) is 51.8 Å². The van der Waals surface area contributed by atoms with Gasteiger partial charge in [-0.2, -0.15) is 4.31 Å². The first-order valence-corrected chi connectivity index (χ1v) is 10.0. The second-order valence-electron chi connectivity index (χ2n) is 5.18. The maximum Gasteiger partial charge on any atom is 0.239 e. The van der Waals surface area contributed by atoms with Crippen molar-refractivity contribution in [1.82, 2.24) is 4.31 Å². The van der Waals surface area contributed by atoms with E-state index in [1.165, 1.54) is 0 Å². The molecule has 1 amide bonds. The normalized spacial score (nSPS) is 11.5. The molecule has 0 radical (unpaired) electrons. The Hall–Kier alpha value is -1.41. The van der Waals surface area contributed by atoms with Crippen molar-refractivity contribution in [3.8, 4) is 0 Å². The highest BCUT2D eigenvalue weighted by molar-refractivity contribution is 9.10. The number of rotatable bonds is 6. The number of benzene rings is 2. The zero-order chi connectivity index (χ0) is 17.7. The monoisotopic (exact) mass is 430 g/mol. The van der Waals surface area contributed by atoms with Gasteiger partial charge in [0.2, 0.25) is 15.9 Å². The van der Waals surface area contributed by atoms with Crippen LogP contribution in [0.1, 0.15) is 5.56 Å². The smallest absolute Gasteiger partial charge is 0.239 e. The Kier molecular flexibility index (Phi) is 6.40. The van der Waals surface area contributed by atoms with Gasteiger partial charge in [-0.25, -0.2) is 8.42 Å². The lowest BCUT2D eigenvalue weighted by molar-refractivity contribution is -0.116. The van der Waals surface area contributed by atoms with Crippen LogP contribution in [0, 0.1) is 0 Å². The number of sulfonamides is 1. The zero-order valence-corrected chi connectivity index (χ0v) is 16.0. The van der Waals surface area contributed by atoms with Gasteiger partial charge >= 0.3 is 0 Å². The van der Waals surface area contributed by atoms with E-state index in [0.29, 0.717) is 16.3 Å². The standard InChI is InChI=1S/C16H16BrClN2O3S/c1-24(22,23)20(10-12-5-2-3-8-15(12)18)11-16(21)19-14-7-4-6-13(17)9-14/h2-9H,10-11H2,1H3,(H,19,21). The Morgan fingerprint density at radius 1 is 1.21 bits per heavy atom. The second-order valence-corrected chi connectivity index (χ2v) is 8.49. The molecule has 0 saturated heterocycles. The van der Waals surface area contributed by atoms with Gasteiger partial charge in [0.05, 0.1) is 12.8 Å². The fraction of sp³-hybridized carbons (Fsp3) is 0.188. The molecule has 0 aliphatic rings. The van der Waals surface area contributed by atoms with Gasteiger partial charge in [0.15, 0.2) is 0 Å². The third-order valence-corrected chi connectivity index (χ3v) is 5.26. The fourth-order valence-electron chi connectivity index (χ4n) is 2.03. The molecule has 0 unspecified atom stereocenters. The quantitative estimate of drug-likeness (QED) is 0.761. The van der Waals surface area contributed by atoms with Crippen LogP contribution in [0.25, 0.3) is 0 Å². The van der Waals surface area contributed by atoms with E-state index in [1.54, 1.807) is 42.5 Å². The Morgan fingerprint density at radius 3 is 2.54 bits per heavy atom. The summed E-state index contributed by atoms with van der Waals surface area (Å²) in [6.45, 7) is -0.263. The van der Waals surface area contributed by atoms with Gasteiger partial charge in [0.25, 0.3) is 0 Å². The summed E-state index contributed by atoms with van der Waals surface area (Å²) in [4.78, 5) is 12.2. The number of nitrogens with zero attached hydrogens (tertiary/aromatic N) is 1. The Balaban J connectivity index is 2.12. The molecule has 0 heterocycles. The van der Waals surface area contributed by atoms with Crippen LogP contribution in [-0.2, 0) is 21.4 Å². The molecule has 0 aliphatic carbocycles. The summed E-state index contributed by atoms with van der Waals surface area (Å²) in [6, 6.07) is 14.0. The maximum absolute atomic E-state index is 12.2. The molecule has 0 fully saturated rings. The summed E-state index contributed by atoms with van der Waals surface area (Å²) in [5.41, 5.74) is 1.22. The molecule has 8 heteroatoms. The van der Waals surface area contributed by atoms with Crippen molar-refractivity contribution >= 4 is 49.1 Å². The number of hydrogen-bond acceptors (Lipinski definition) is 3. The van der Waals surface area contributed by atoms with E-state index in [2.05, 4.69) is 21.2 Å². The predicted molar refractivity (Wildman–Crippen MR) is 99.5 cm³/mol. The van der Waals surface area contributed by atoms with Crippen molar-refractivity contribution in [2.24, 2.45) is 0 Å². The lowest BCUT2D eigenvalue weighted by atomic mass is 10.2. The Labute approximate surface area is 154 Å². The van der Waals surface area contributed by atoms with Crippen molar-refractivity contribution in [3.63, 3.8) is 0 Å². The van der Waals surface area contributed by atoms with Crippen molar-refractivity contribution in [2.75, 3.05) is 18.1 Å². The van der Waals surface area contributed by atoms with Gasteiger partial charge in [-0.3, -0.25) is 4.79 Å². The third kappa shape index (κ3) is 5.59. The lowest BCUT2D eigenvalue weighted by Crippen LogP contribution is -2.37. The first-order valence-electron chi connectivity index (χ1n) is 6.99. The molecule has 0 saturated carbocycles. The summed E-state index contributed by atoms with van der Waals surface area (Å²) in [5, 5.41) is 3.13. The number of amides is 1. The molecule has 1 N–H and O–H groups in total. The van der Waals surface area contributed by atoms with E-state index in [9.17, 15) is 13.2 Å². The zero-order valence-electron chi connectivity index (χ0n) is 12.9. The second kappa shape index (κ2) is 8.11. The van der Waals surface area contributed by atoms with Crippen LogP contribution < -0.4 is 5.32 Å². The number of carbonyl (C=O) groups excluding carboxylic acids is 1. The molecule has 0 atom stereocenters. The number of carbonyl (C=O) groups is 1. The van der Waals surface area contributed by atoms with Gasteiger partial charge in [0, 0.05) is 21.7 Å². The number of halogens is 2. The average Bonchev–Trinajstić information content (AvgIpc) is 2.47. The van der Waals surface area contributed by atoms with Gasteiger partial charge in [-0.15, -0.1) is 0 Å². The highest BCUT2D eigenvalue weighted by Crippen LogP contribution is 2.19. The van der Waals surface area contributed by atoms with Crippen LogP contribution in [0.4, 0.5) is 5.69 Å².